The fourth-order valence-electron chi connectivity index (χ4n) is 8.76. The van der Waals surface area contributed by atoms with E-state index in [2.05, 4.69) is 22.9 Å². The van der Waals surface area contributed by atoms with Crippen LogP contribution in [0.4, 0.5) is 0 Å². The van der Waals surface area contributed by atoms with Crippen LogP contribution in [0, 0.1) is 13.8 Å². The number of nitrogens with one attached hydrogen (secondary N) is 3. The summed E-state index contributed by atoms with van der Waals surface area (Å²) < 4.78 is 11.2. The Hall–Kier alpha value is -5.43. The van der Waals surface area contributed by atoms with E-state index in [9.17, 15) is 44.4 Å². The van der Waals surface area contributed by atoms with Crippen molar-refractivity contribution in [3.8, 4) is 5.75 Å². The number of aliphatic hydroxyl groups is 3. The van der Waals surface area contributed by atoms with Crippen molar-refractivity contribution in [3.63, 3.8) is 0 Å². The van der Waals surface area contributed by atoms with E-state index in [0.717, 1.165) is 65.5 Å². The minimum Gasteiger partial charge on any atom is -0.508 e. The average Bonchev–Trinajstić information content (AvgIpc) is 3.30. The Balaban J connectivity index is 1.20. The van der Waals surface area contributed by atoms with Crippen molar-refractivity contribution in [3.05, 3.63) is 100 Å². The van der Waals surface area contributed by atoms with Gasteiger partial charge in [-0.1, -0.05) is 93.6 Å². The fourth-order valence-corrected chi connectivity index (χ4v) is 8.76. The molecule has 0 unspecified atom stereocenters. The van der Waals surface area contributed by atoms with Gasteiger partial charge in [-0.25, -0.2) is 0 Å². The first-order chi connectivity index (χ1) is 32.1. The first-order valence-electron chi connectivity index (χ1n) is 23.5. The molecule has 5 rings (SSSR count). The second kappa shape index (κ2) is 25.6. The number of aromatic hydroxyl groups is 1. The normalized spacial score (nSPS) is 21.6. The Morgan fingerprint density at radius 1 is 0.791 bits per heavy atom. The Morgan fingerprint density at radius 2 is 1.45 bits per heavy atom. The molecule has 17 nitrogen and oxygen atoms in total. The van der Waals surface area contributed by atoms with Gasteiger partial charge >= 0.3 is 0 Å². The third-order valence-corrected chi connectivity index (χ3v) is 12.7. The van der Waals surface area contributed by atoms with Crippen molar-refractivity contribution >= 4 is 29.5 Å². The molecule has 0 saturated carbocycles. The number of carbonyl (C=O) groups is 5. The highest BCUT2D eigenvalue weighted by Crippen LogP contribution is 2.27. The van der Waals surface area contributed by atoms with Gasteiger partial charge in [0.25, 0.3) is 5.91 Å². The summed E-state index contributed by atoms with van der Waals surface area (Å²) in [5, 5.41) is 49.7. The van der Waals surface area contributed by atoms with Crippen LogP contribution in [-0.2, 0) is 59.3 Å². The summed E-state index contributed by atoms with van der Waals surface area (Å²) in [6, 6.07) is 15.3. The summed E-state index contributed by atoms with van der Waals surface area (Å²) in [6.07, 6.45) is -0.586. The standard InChI is InChI=1S/C50H70N6O11/c1-4-5-6-7-8-16-23-66-50-43(60)41(58)42(59)44(67-50)48(64)53-22-15-14-21-38(45(52)61)54-46(62)39(26-32-17-10-9-11-18-32)55-47(63)40-27-33-19-12-13-20-34(33)29-56(40)49(65)37(51)28-36-30(2)24-35(57)25-31(36)3/h9-13,17-20,24-25,37-44,50,57-60H,4-8,14-16,21-23,26-29,51H2,1-3H3,(H2,52,61)(H,53,64)(H,54,62)(H,55,63)/t37-,38-,39-,40-,41-,42-,43+,44-,50+/m0/s1. The number of hydrogen-bond donors (Lipinski definition) is 9. The third kappa shape index (κ3) is 14.8. The van der Waals surface area contributed by atoms with E-state index in [0.29, 0.717) is 19.3 Å². The molecule has 17 heteroatoms. The maximum atomic E-state index is 14.4. The molecule has 0 aliphatic carbocycles. The van der Waals surface area contributed by atoms with Gasteiger partial charge in [0.15, 0.2) is 12.4 Å². The van der Waals surface area contributed by atoms with Crippen molar-refractivity contribution in [2.24, 2.45) is 11.5 Å². The lowest BCUT2D eigenvalue weighted by Gasteiger charge is -2.39. The highest BCUT2D eigenvalue weighted by Gasteiger charge is 2.47. The van der Waals surface area contributed by atoms with Gasteiger partial charge in [0.2, 0.25) is 23.6 Å². The number of hydrogen-bond acceptors (Lipinski definition) is 12. The SMILES string of the molecule is CCCCCCCCO[C@@H]1O[C@H](C(=O)NCCCC[C@H](NC(=O)[C@H](Cc2ccccc2)NC(=O)[C@@H]2Cc3ccccc3CN2C(=O)[C@@H](N)Cc2c(C)cc(O)cc2C)C(N)=O)[C@@H](O)[C@H](O)[C@H]1O. The molecule has 2 aliphatic rings. The Kier molecular flexibility index (Phi) is 20.1. The number of benzene rings is 3. The number of aliphatic hydroxyl groups excluding tert-OH is 3. The van der Waals surface area contributed by atoms with E-state index < -0.39 is 84.4 Å². The van der Waals surface area contributed by atoms with E-state index in [1.54, 1.807) is 36.4 Å². The molecule has 67 heavy (non-hydrogen) atoms. The Bertz CT molecular complexity index is 2100. The molecule has 366 valence electrons. The van der Waals surface area contributed by atoms with Gasteiger partial charge in [-0.05, 0) is 91.5 Å². The van der Waals surface area contributed by atoms with Crippen molar-refractivity contribution < 1.29 is 53.9 Å². The lowest BCUT2D eigenvalue weighted by molar-refractivity contribution is -0.290. The fraction of sp³-hybridized carbons (Fsp3) is 0.540. The summed E-state index contributed by atoms with van der Waals surface area (Å²) >= 11 is 0. The van der Waals surface area contributed by atoms with Crippen LogP contribution in [0.2, 0.25) is 0 Å². The highest BCUT2D eigenvalue weighted by atomic mass is 16.7. The summed E-state index contributed by atoms with van der Waals surface area (Å²) in [4.78, 5) is 70.0. The number of nitrogens with two attached hydrogens (primary N) is 2. The molecule has 0 spiro atoms. The molecule has 1 fully saturated rings. The first-order valence-corrected chi connectivity index (χ1v) is 23.5. The zero-order chi connectivity index (χ0) is 48.6. The number of carbonyl (C=O) groups excluding carboxylic acids is 5. The van der Waals surface area contributed by atoms with Crippen molar-refractivity contribution in [1.82, 2.24) is 20.9 Å². The number of primary amides is 1. The van der Waals surface area contributed by atoms with Crippen LogP contribution < -0.4 is 27.4 Å². The van der Waals surface area contributed by atoms with E-state index >= 15 is 0 Å². The summed E-state index contributed by atoms with van der Waals surface area (Å²) in [6.45, 7) is 6.23. The average molecular weight is 931 g/mol. The van der Waals surface area contributed by atoms with Gasteiger partial charge in [-0.3, -0.25) is 24.0 Å². The third-order valence-electron chi connectivity index (χ3n) is 12.7. The smallest absolute Gasteiger partial charge is 0.252 e. The van der Waals surface area contributed by atoms with Crippen LogP contribution in [0.15, 0.2) is 66.7 Å². The molecule has 11 N–H and O–H groups in total. The number of ether oxygens (including phenoxy) is 2. The van der Waals surface area contributed by atoms with Crippen LogP contribution >= 0.6 is 0 Å². The van der Waals surface area contributed by atoms with E-state index in [1.165, 1.54) is 4.90 Å². The molecular weight excluding hydrogens is 861 g/mol. The molecule has 0 radical (unpaired) electrons. The van der Waals surface area contributed by atoms with Crippen LogP contribution in [0.25, 0.3) is 0 Å². The number of phenolic OH excluding ortho intramolecular Hbond substituents is 1. The molecule has 2 heterocycles. The molecule has 0 aromatic heterocycles. The van der Waals surface area contributed by atoms with E-state index in [1.807, 2.05) is 44.2 Å². The monoisotopic (exact) mass is 931 g/mol. The zero-order valence-electron chi connectivity index (χ0n) is 38.9. The number of amides is 5. The van der Waals surface area contributed by atoms with Gasteiger partial charge in [0.05, 0.1) is 6.04 Å². The predicted octanol–water partition coefficient (Wildman–Crippen LogP) is 2.00. The minimum atomic E-state index is -1.71. The number of rotatable bonds is 24. The Morgan fingerprint density at radius 3 is 2.13 bits per heavy atom. The number of aryl methyl sites for hydroxylation is 2. The number of phenols is 1. The molecule has 3 aromatic carbocycles. The summed E-state index contributed by atoms with van der Waals surface area (Å²) in [7, 11) is 0. The van der Waals surface area contributed by atoms with E-state index in [4.69, 9.17) is 20.9 Å². The molecular formula is C50H70N6O11. The lowest BCUT2D eigenvalue weighted by atomic mass is 9.91. The largest absolute Gasteiger partial charge is 0.508 e. The van der Waals surface area contributed by atoms with Crippen molar-refractivity contribution in [1.29, 1.82) is 0 Å². The van der Waals surface area contributed by atoms with Crippen molar-refractivity contribution in [2.75, 3.05) is 13.2 Å². The second-order valence-electron chi connectivity index (χ2n) is 17.9. The quantitative estimate of drug-likeness (QED) is 0.0584. The molecule has 5 amide bonds. The van der Waals surface area contributed by atoms with Crippen molar-refractivity contribution in [2.45, 2.75) is 159 Å². The lowest BCUT2D eigenvalue weighted by Crippen LogP contribution is -2.62. The van der Waals surface area contributed by atoms with Crippen LogP contribution in [-0.4, -0.2) is 123 Å². The molecule has 0 bridgehead atoms. The molecule has 3 aromatic rings. The van der Waals surface area contributed by atoms with Gasteiger partial charge in [-0.15, -0.1) is 0 Å². The first kappa shape index (κ1) is 52.5. The van der Waals surface area contributed by atoms with Gasteiger partial charge in [-0.2, -0.15) is 0 Å². The highest BCUT2D eigenvalue weighted by molar-refractivity contribution is 5.95. The minimum absolute atomic E-state index is 0.0534. The van der Waals surface area contributed by atoms with Gasteiger partial charge in [0, 0.05) is 32.5 Å². The molecule has 2 aliphatic heterocycles. The summed E-state index contributed by atoms with van der Waals surface area (Å²) in [5.74, 6) is -3.13. The van der Waals surface area contributed by atoms with Gasteiger partial charge < -0.3 is 62.2 Å². The van der Waals surface area contributed by atoms with Crippen LogP contribution in [0.1, 0.15) is 98.1 Å². The maximum absolute atomic E-state index is 14.4. The zero-order valence-corrected chi connectivity index (χ0v) is 38.9. The Labute approximate surface area is 393 Å². The maximum Gasteiger partial charge on any atom is 0.252 e. The molecule has 1 saturated heterocycles. The topological polar surface area (TPSA) is 276 Å². The predicted molar refractivity (Wildman–Crippen MR) is 250 cm³/mol. The number of fused-ring (bicyclic) bond motifs is 1. The van der Waals surface area contributed by atoms with Crippen LogP contribution in [0.5, 0.6) is 5.75 Å². The number of nitrogens with zero attached hydrogens (tertiary/aromatic N) is 1. The van der Waals surface area contributed by atoms with E-state index in [-0.39, 0.29) is 51.1 Å². The van der Waals surface area contributed by atoms with Crippen LogP contribution in [0.3, 0.4) is 0 Å². The number of unbranched alkanes of at least 4 members (excludes halogenated alkanes) is 6. The molecule has 9 atom stereocenters. The summed E-state index contributed by atoms with van der Waals surface area (Å²) in [5.41, 5.74) is 17.2. The second-order valence-corrected chi connectivity index (χ2v) is 17.9. The van der Waals surface area contributed by atoms with Gasteiger partial charge in [0.1, 0.15) is 42.2 Å².